The van der Waals surface area contributed by atoms with E-state index in [4.69, 9.17) is 0 Å². The Bertz CT molecular complexity index is 1010. The molecule has 0 saturated carbocycles. The number of halogens is 1. The maximum absolute atomic E-state index is 12.7. The van der Waals surface area contributed by atoms with E-state index in [-0.39, 0.29) is 24.1 Å². The summed E-state index contributed by atoms with van der Waals surface area (Å²) in [5, 5.41) is 7.57. The molecule has 1 unspecified atom stereocenters. The molecule has 0 bridgehead atoms. The van der Waals surface area contributed by atoms with Crippen molar-refractivity contribution in [1.29, 1.82) is 0 Å². The number of benzene rings is 1. The third kappa shape index (κ3) is 4.27. The SMILES string of the molecule is CC(C)CC(NC(=O)Cn1cnc2c(c(Br)nn2C)c1=O)c1ccccc1. The zero-order valence-electron chi connectivity index (χ0n) is 15.5. The van der Waals surface area contributed by atoms with Crippen LogP contribution in [0, 0.1) is 5.92 Å². The number of carbonyl (C=O) groups is 1. The van der Waals surface area contributed by atoms with E-state index < -0.39 is 0 Å². The molecule has 0 aliphatic carbocycles. The van der Waals surface area contributed by atoms with Crippen LogP contribution in [0.5, 0.6) is 0 Å². The molecular formula is C19H22BrN5O2. The van der Waals surface area contributed by atoms with Crippen LogP contribution in [0.15, 0.2) is 46.1 Å². The van der Waals surface area contributed by atoms with Crippen LogP contribution in [0.25, 0.3) is 11.0 Å². The van der Waals surface area contributed by atoms with Crippen molar-refractivity contribution in [3.63, 3.8) is 0 Å². The van der Waals surface area contributed by atoms with Gasteiger partial charge in [-0.2, -0.15) is 5.10 Å². The Morgan fingerprint density at radius 3 is 2.63 bits per heavy atom. The van der Waals surface area contributed by atoms with Crippen molar-refractivity contribution >= 4 is 32.9 Å². The molecule has 3 aromatic rings. The number of nitrogens with zero attached hydrogens (tertiary/aromatic N) is 4. The van der Waals surface area contributed by atoms with E-state index in [9.17, 15) is 9.59 Å². The molecular weight excluding hydrogens is 410 g/mol. The first-order valence-electron chi connectivity index (χ1n) is 8.78. The number of aryl methyl sites for hydroxylation is 1. The van der Waals surface area contributed by atoms with Crippen molar-refractivity contribution in [1.82, 2.24) is 24.6 Å². The van der Waals surface area contributed by atoms with Crippen molar-refractivity contribution in [2.24, 2.45) is 13.0 Å². The molecule has 0 fully saturated rings. The van der Waals surface area contributed by atoms with Crippen molar-refractivity contribution in [2.45, 2.75) is 32.9 Å². The molecule has 0 spiro atoms. The second-order valence-corrected chi connectivity index (χ2v) is 7.70. The lowest BCUT2D eigenvalue weighted by Gasteiger charge is -2.21. The van der Waals surface area contributed by atoms with Crippen LogP contribution >= 0.6 is 15.9 Å². The molecule has 2 aromatic heterocycles. The minimum atomic E-state index is -0.296. The molecule has 0 aliphatic rings. The maximum atomic E-state index is 12.7. The average molecular weight is 432 g/mol. The summed E-state index contributed by atoms with van der Waals surface area (Å²) in [6.45, 7) is 4.14. The number of rotatable bonds is 6. The lowest BCUT2D eigenvalue weighted by atomic mass is 9.97. The van der Waals surface area contributed by atoms with Crippen molar-refractivity contribution < 1.29 is 4.79 Å². The standard InChI is InChI=1S/C19H22BrN5O2/c1-12(2)9-14(13-7-5-4-6-8-13)22-15(26)10-25-11-21-18-16(19(25)27)17(20)23-24(18)3/h4-8,11-12,14H,9-10H2,1-3H3,(H,22,26). The van der Waals surface area contributed by atoms with Gasteiger partial charge in [0.25, 0.3) is 5.56 Å². The molecule has 1 N–H and O–H groups in total. The molecule has 142 valence electrons. The van der Waals surface area contributed by atoms with Crippen LogP contribution in [-0.2, 0) is 18.4 Å². The molecule has 7 nitrogen and oxygen atoms in total. The van der Waals surface area contributed by atoms with Crippen molar-refractivity contribution in [3.8, 4) is 0 Å². The van der Waals surface area contributed by atoms with Gasteiger partial charge in [0.15, 0.2) is 5.65 Å². The molecule has 1 atom stereocenters. The zero-order chi connectivity index (χ0) is 19.6. The smallest absolute Gasteiger partial charge is 0.266 e. The molecule has 0 aliphatic heterocycles. The Morgan fingerprint density at radius 1 is 1.26 bits per heavy atom. The predicted molar refractivity (Wildman–Crippen MR) is 107 cm³/mol. The largest absolute Gasteiger partial charge is 0.348 e. The number of aromatic nitrogens is 4. The van der Waals surface area contributed by atoms with Gasteiger partial charge in [-0.05, 0) is 33.8 Å². The summed E-state index contributed by atoms with van der Waals surface area (Å²) in [4.78, 5) is 29.6. The highest BCUT2D eigenvalue weighted by Gasteiger charge is 2.18. The number of hydrogen-bond acceptors (Lipinski definition) is 4. The van der Waals surface area contributed by atoms with Gasteiger partial charge in [-0.25, -0.2) is 9.67 Å². The quantitative estimate of drug-likeness (QED) is 0.650. The molecule has 27 heavy (non-hydrogen) atoms. The van der Waals surface area contributed by atoms with E-state index >= 15 is 0 Å². The van der Waals surface area contributed by atoms with Gasteiger partial charge in [-0.3, -0.25) is 14.2 Å². The third-order valence-corrected chi connectivity index (χ3v) is 4.88. The van der Waals surface area contributed by atoms with Gasteiger partial charge in [-0.1, -0.05) is 44.2 Å². The topological polar surface area (TPSA) is 81.8 Å². The second kappa shape index (κ2) is 8.04. The van der Waals surface area contributed by atoms with Crippen molar-refractivity contribution in [2.75, 3.05) is 0 Å². The van der Waals surface area contributed by atoms with Gasteiger partial charge in [0, 0.05) is 7.05 Å². The molecule has 1 aromatic carbocycles. The number of amides is 1. The fourth-order valence-electron chi connectivity index (χ4n) is 3.08. The van der Waals surface area contributed by atoms with E-state index in [1.54, 1.807) is 7.05 Å². The molecule has 0 saturated heterocycles. The van der Waals surface area contributed by atoms with Gasteiger partial charge in [0.1, 0.15) is 22.9 Å². The Kier molecular flexibility index (Phi) is 5.74. The van der Waals surface area contributed by atoms with Crippen molar-refractivity contribution in [3.05, 3.63) is 57.2 Å². The van der Waals surface area contributed by atoms with Gasteiger partial charge < -0.3 is 5.32 Å². The first-order valence-corrected chi connectivity index (χ1v) is 9.58. The first-order chi connectivity index (χ1) is 12.9. The monoisotopic (exact) mass is 431 g/mol. The van der Waals surface area contributed by atoms with Gasteiger partial charge in [-0.15, -0.1) is 0 Å². The highest BCUT2D eigenvalue weighted by molar-refractivity contribution is 9.10. The van der Waals surface area contributed by atoms with E-state index in [0.29, 0.717) is 21.6 Å². The minimum Gasteiger partial charge on any atom is -0.348 e. The summed E-state index contributed by atoms with van der Waals surface area (Å²) in [7, 11) is 1.72. The summed E-state index contributed by atoms with van der Waals surface area (Å²) in [5.41, 5.74) is 1.23. The molecule has 1 amide bonds. The maximum Gasteiger partial charge on any atom is 0.266 e. The zero-order valence-corrected chi connectivity index (χ0v) is 17.1. The van der Waals surface area contributed by atoms with Crippen LogP contribution in [0.1, 0.15) is 31.9 Å². The van der Waals surface area contributed by atoms with Gasteiger partial charge in [0.05, 0.1) is 6.04 Å². The Morgan fingerprint density at radius 2 is 1.96 bits per heavy atom. The van der Waals surface area contributed by atoms with E-state index in [0.717, 1.165) is 12.0 Å². The Hall–Kier alpha value is -2.48. The first kappa shape index (κ1) is 19.3. The normalized spacial score (nSPS) is 12.5. The Balaban J connectivity index is 1.82. The van der Waals surface area contributed by atoms with Crippen LogP contribution in [0.3, 0.4) is 0 Å². The lowest BCUT2D eigenvalue weighted by Crippen LogP contribution is -2.35. The van der Waals surface area contributed by atoms with Gasteiger partial charge in [0.2, 0.25) is 5.91 Å². The average Bonchev–Trinajstić information content (AvgIpc) is 2.91. The molecule has 8 heteroatoms. The lowest BCUT2D eigenvalue weighted by molar-refractivity contribution is -0.122. The van der Waals surface area contributed by atoms with Crippen LogP contribution in [0.2, 0.25) is 0 Å². The Labute approximate surface area is 165 Å². The van der Waals surface area contributed by atoms with E-state index in [1.165, 1.54) is 15.6 Å². The number of fused-ring (bicyclic) bond motifs is 1. The summed E-state index contributed by atoms with van der Waals surface area (Å²) in [6.07, 6.45) is 2.20. The second-order valence-electron chi connectivity index (χ2n) is 6.95. The molecule has 2 heterocycles. The highest BCUT2D eigenvalue weighted by Crippen LogP contribution is 2.21. The number of carbonyl (C=O) groups excluding carboxylic acids is 1. The third-order valence-electron chi connectivity index (χ3n) is 4.33. The van der Waals surface area contributed by atoms with E-state index in [1.807, 2.05) is 30.3 Å². The summed E-state index contributed by atoms with van der Waals surface area (Å²) in [5.74, 6) is 0.190. The highest BCUT2D eigenvalue weighted by atomic mass is 79.9. The minimum absolute atomic E-state index is 0.0927. The van der Waals surface area contributed by atoms with E-state index in [2.05, 4.69) is 45.2 Å². The summed E-state index contributed by atoms with van der Waals surface area (Å²) >= 11 is 3.28. The van der Waals surface area contributed by atoms with Crippen LogP contribution in [-0.4, -0.2) is 25.2 Å². The molecule has 0 radical (unpaired) electrons. The summed E-state index contributed by atoms with van der Waals surface area (Å²) < 4.78 is 3.26. The predicted octanol–water partition coefficient (Wildman–Crippen LogP) is 2.80. The van der Waals surface area contributed by atoms with Crippen LogP contribution in [0.4, 0.5) is 0 Å². The fraction of sp³-hybridized carbons (Fsp3) is 0.368. The summed E-state index contributed by atoms with van der Waals surface area (Å²) in [6, 6.07) is 9.76. The van der Waals surface area contributed by atoms with Gasteiger partial charge >= 0.3 is 0 Å². The molecule has 3 rings (SSSR count). The fourth-order valence-corrected chi connectivity index (χ4v) is 3.66. The number of nitrogens with one attached hydrogen (secondary N) is 1. The van der Waals surface area contributed by atoms with Crippen LogP contribution < -0.4 is 10.9 Å². The number of hydrogen-bond donors (Lipinski definition) is 1.